The minimum Gasteiger partial charge on any atom is -0.284 e. The zero-order valence-corrected chi connectivity index (χ0v) is 11.0. The smallest absolute Gasteiger partial charge is 0.284 e. The largest absolute Gasteiger partial charge is 0.416 e. The Morgan fingerprint density at radius 2 is 1.35 bits per heavy atom. The van der Waals surface area contributed by atoms with E-state index in [9.17, 15) is 35.9 Å². The highest BCUT2D eigenvalue weighted by atomic mass is 19.4. The standard InChI is InChI=1S/C13H6F6N2O2/c14-12(15,16)7-1-6(2-8(4-7)13(17,18)19)3-9-5-10(22)11(23)21-20-9/h1-2,4-5H,3H2. The lowest BCUT2D eigenvalue weighted by atomic mass is 10.0. The van der Waals surface area contributed by atoms with Gasteiger partial charge in [0.1, 0.15) is 0 Å². The fraction of sp³-hybridized carbons (Fsp3) is 0.231. The van der Waals surface area contributed by atoms with E-state index in [4.69, 9.17) is 0 Å². The molecule has 1 aromatic carbocycles. The average Bonchev–Trinajstić information content (AvgIpc) is 2.41. The SMILES string of the molecule is O=C1C=C(Cc2cc(C(F)(F)F)cc(C(F)(F)F)c2)N=NC1=O. The van der Waals surface area contributed by atoms with Crippen LogP contribution in [0.5, 0.6) is 0 Å². The third-order valence-corrected chi connectivity index (χ3v) is 2.81. The van der Waals surface area contributed by atoms with E-state index in [2.05, 4.69) is 10.2 Å². The van der Waals surface area contributed by atoms with Crippen molar-refractivity contribution >= 4 is 11.7 Å². The number of carbonyl (C=O) groups is 2. The molecular weight excluding hydrogens is 330 g/mol. The van der Waals surface area contributed by atoms with E-state index >= 15 is 0 Å². The molecule has 0 aliphatic carbocycles. The minimum atomic E-state index is -4.97. The number of halogens is 6. The summed E-state index contributed by atoms with van der Waals surface area (Å²) in [5.74, 6) is -2.20. The molecule has 4 nitrogen and oxygen atoms in total. The van der Waals surface area contributed by atoms with Crippen molar-refractivity contribution in [2.75, 3.05) is 0 Å². The van der Waals surface area contributed by atoms with Gasteiger partial charge in [0.2, 0.25) is 5.78 Å². The molecule has 0 atom stereocenters. The highest BCUT2D eigenvalue weighted by Crippen LogP contribution is 2.36. The lowest BCUT2D eigenvalue weighted by Crippen LogP contribution is -2.14. The van der Waals surface area contributed by atoms with Crippen LogP contribution in [0.3, 0.4) is 0 Å². The van der Waals surface area contributed by atoms with Crippen LogP contribution in [0.15, 0.2) is 40.2 Å². The van der Waals surface area contributed by atoms with Crippen LogP contribution < -0.4 is 0 Å². The summed E-state index contributed by atoms with van der Waals surface area (Å²) in [6.45, 7) is 0. The van der Waals surface area contributed by atoms with Gasteiger partial charge in [0.15, 0.2) is 0 Å². The van der Waals surface area contributed by atoms with Crippen LogP contribution in [-0.2, 0) is 28.4 Å². The molecule has 0 bridgehead atoms. The van der Waals surface area contributed by atoms with Gasteiger partial charge >= 0.3 is 18.3 Å². The summed E-state index contributed by atoms with van der Waals surface area (Å²) in [5, 5.41) is 6.25. The van der Waals surface area contributed by atoms with E-state index < -0.39 is 41.6 Å². The second kappa shape index (κ2) is 5.60. The lowest BCUT2D eigenvalue weighted by molar-refractivity contribution is -0.143. The predicted octanol–water partition coefficient (Wildman–Crippen LogP) is 3.71. The third kappa shape index (κ3) is 4.02. The maximum atomic E-state index is 12.7. The van der Waals surface area contributed by atoms with Gasteiger partial charge in [0, 0.05) is 12.5 Å². The van der Waals surface area contributed by atoms with Gasteiger partial charge in [-0.1, -0.05) is 0 Å². The normalized spacial score (nSPS) is 15.8. The number of benzene rings is 1. The number of carbonyl (C=O) groups excluding carboxylic acids is 2. The predicted molar refractivity (Wildman–Crippen MR) is 63.1 cm³/mol. The lowest BCUT2D eigenvalue weighted by Gasteiger charge is -2.14. The average molecular weight is 336 g/mol. The molecule has 0 spiro atoms. The van der Waals surface area contributed by atoms with E-state index in [1.54, 1.807) is 0 Å². The van der Waals surface area contributed by atoms with Crippen molar-refractivity contribution in [2.24, 2.45) is 10.2 Å². The molecule has 10 heteroatoms. The van der Waals surface area contributed by atoms with Crippen molar-refractivity contribution in [2.45, 2.75) is 18.8 Å². The molecule has 0 radical (unpaired) electrons. The van der Waals surface area contributed by atoms with Crippen molar-refractivity contribution in [1.29, 1.82) is 0 Å². The molecule has 0 fully saturated rings. The maximum Gasteiger partial charge on any atom is 0.416 e. The molecule has 1 aromatic rings. The first-order valence-electron chi connectivity index (χ1n) is 5.96. The van der Waals surface area contributed by atoms with E-state index in [0.29, 0.717) is 12.1 Å². The monoisotopic (exact) mass is 336 g/mol. The summed E-state index contributed by atoms with van der Waals surface area (Å²) in [6.07, 6.45) is -9.72. The minimum absolute atomic E-state index is 0.00501. The molecule has 0 aromatic heterocycles. The molecule has 1 aliphatic heterocycles. The molecule has 23 heavy (non-hydrogen) atoms. The zero-order chi connectivity index (χ0) is 17.4. The molecular formula is C13H6F6N2O2. The van der Waals surface area contributed by atoms with E-state index in [1.807, 2.05) is 0 Å². The van der Waals surface area contributed by atoms with E-state index in [-0.39, 0.29) is 17.3 Å². The Morgan fingerprint density at radius 1 is 0.826 bits per heavy atom. The molecule has 1 heterocycles. The van der Waals surface area contributed by atoms with Gasteiger partial charge in [-0.15, -0.1) is 5.11 Å². The summed E-state index contributed by atoms with van der Waals surface area (Å²) in [4.78, 5) is 21.9. The first-order valence-corrected chi connectivity index (χ1v) is 5.96. The molecule has 1 aliphatic rings. The molecule has 122 valence electrons. The number of allylic oxidation sites excluding steroid dienone is 1. The highest BCUT2D eigenvalue weighted by molar-refractivity contribution is 6.41. The number of azo groups is 1. The number of amides is 1. The Bertz CT molecular complexity index is 699. The fourth-order valence-electron chi connectivity index (χ4n) is 1.82. The van der Waals surface area contributed by atoms with Crippen LogP contribution in [-0.4, -0.2) is 11.7 Å². The van der Waals surface area contributed by atoms with Crippen LogP contribution in [0, 0.1) is 0 Å². The Kier molecular flexibility index (Phi) is 4.10. The third-order valence-electron chi connectivity index (χ3n) is 2.81. The molecule has 2 rings (SSSR count). The van der Waals surface area contributed by atoms with Gasteiger partial charge in [0.25, 0.3) is 0 Å². The van der Waals surface area contributed by atoms with Crippen molar-refractivity contribution in [3.63, 3.8) is 0 Å². The second-order valence-corrected chi connectivity index (χ2v) is 4.60. The Hall–Kier alpha value is -2.52. The van der Waals surface area contributed by atoms with Crippen LogP contribution >= 0.6 is 0 Å². The topological polar surface area (TPSA) is 58.9 Å². The van der Waals surface area contributed by atoms with Crippen molar-refractivity contribution in [3.05, 3.63) is 46.7 Å². The Balaban J connectivity index is 2.43. The van der Waals surface area contributed by atoms with Gasteiger partial charge in [-0.2, -0.15) is 31.5 Å². The molecule has 0 unspecified atom stereocenters. The van der Waals surface area contributed by atoms with Gasteiger partial charge < -0.3 is 0 Å². The Morgan fingerprint density at radius 3 is 1.78 bits per heavy atom. The van der Waals surface area contributed by atoms with Crippen LogP contribution in [0.2, 0.25) is 0 Å². The van der Waals surface area contributed by atoms with Gasteiger partial charge in [-0.3, -0.25) is 9.59 Å². The van der Waals surface area contributed by atoms with E-state index in [1.165, 1.54) is 0 Å². The number of ketones is 1. The summed E-state index contributed by atoms with van der Waals surface area (Å²) in [7, 11) is 0. The molecule has 0 saturated heterocycles. The van der Waals surface area contributed by atoms with Crippen LogP contribution in [0.4, 0.5) is 26.3 Å². The van der Waals surface area contributed by atoms with Crippen molar-refractivity contribution < 1.29 is 35.9 Å². The second-order valence-electron chi connectivity index (χ2n) is 4.60. The summed E-state index contributed by atoms with van der Waals surface area (Å²) < 4.78 is 76.2. The zero-order valence-electron chi connectivity index (χ0n) is 11.0. The Labute approximate surface area is 124 Å². The van der Waals surface area contributed by atoms with Crippen molar-refractivity contribution in [1.82, 2.24) is 0 Å². The fourth-order valence-corrected chi connectivity index (χ4v) is 1.82. The first kappa shape index (κ1) is 16.8. The highest BCUT2D eigenvalue weighted by Gasteiger charge is 2.37. The van der Waals surface area contributed by atoms with Gasteiger partial charge in [0.05, 0.1) is 16.8 Å². The summed E-state index contributed by atoms with van der Waals surface area (Å²) >= 11 is 0. The number of rotatable bonds is 2. The summed E-state index contributed by atoms with van der Waals surface area (Å²) in [6, 6.07) is 1.04. The molecule has 0 saturated carbocycles. The van der Waals surface area contributed by atoms with Crippen molar-refractivity contribution in [3.8, 4) is 0 Å². The van der Waals surface area contributed by atoms with Crippen LogP contribution in [0.1, 0.15) is 16.7 Å². The summed E-state index contributed by atoms with van der Waals surface area (Å²) in [5.41, 5.74) is -3.52. The maximum absolute atomic E-state index is 12.7. The first-order chi connectivity index (χ1) is 10.5. The molecule has 0 N–H and O–H groups in total. The number of hydrogen-bond donors (Lipinski definition) is 0. The quantitative estimate of drug-likeness (QED) is 0.611. The molecule has 1 amide bonds. The van der Waals surface area contributed by atoms with E-state index in [0.717, 1.165) is 6.08 Å². The van der Waals surface area contributed by atoms with Gasteiger partial charge in [-0.25, -0.2) is 0 Å². The number of nitrogens with zero attached hydrogens (tertiary/aromatic N) is 2. The van der Waals surface area contributed by atoms with Crippen LogP contribution in [0.25, 0.3) is 0 Å². The van der Waals surface area contributed by atoms with Gasteiger partial charge in [-0.05, 0) is 23.8 Å². The number of hydrogen-bond acceptors (Lipinski definition) is 3. The number of alkyl halides is 6.